The van der Waals surface area contributed by atoms with Gasteiger partial charge in [0.25, 0.3) is 10.0 Å². The van der Waals surface area contributed by atoms with Gasteiger partial charge < -0.3 is 5.32 Å². The van der Waals surface area contributed by atoms with E-state index in [1.807, 2.05) is 45.0 Å². The molecule has 2 aromatic rings. The highest BCUT2D eigenvalue weighted by molar-refractivity contribution is 7.91. The molecule has 0 aliphatic heterocycles. The van der Waals surface area contributed by atoms with Gasteiger partial charge in [-0.25, -0.2) is 8.42 Å². The predicted octanol–water partition coefficient (Wildman–Crippen LogP) is 2.72. The van der Waals surface area contributed by atoms with E-state index in [4.69, 9.17) is 0 Å². The first-order valence-electron chi connectivity index (χ1n) is 8.19. The molecule has 0 fully saturated rings. The maximum Gasteiger partial charge on any atom is 0.250 e. The summed E-state index contributed by atoms with van der Waals surface area (Å²) >= 11 is 1.13. The molecule has 5 nitrogen and oxygen atoms in total. The second-order valence-corrected chi connectivity index (χ2v) is 9.13. The SMILES string of the molecule is Cc1ccccc1CCNC(=O)[C@@H](NS(=O)(=O)c1cccs1)C(C)C. The third kappa shape index (κ3) is 5.39. The lowest BCUT2D eigenvalue weighted by atomic mass is 10.0. The minimum Gasteiger partial charge on any atom is -0.354 e. The largest absolute Gasteiger partial charge is 0.354 e. The number of rotatable bonds is 8. The van der Waals surface area contributed by atoms with Crippen molar-refractivity contribution in [2.24, 2.45) is 5.92 Å². The van der Waals surface area contributed by atoms with Gasteiger partial charge in [0.05, 0.1) is 0 Å². The molecule has 0 spiro atoms. The Morgan fingerprint density at radius 3 is 2.48 bits per heavy atom. The zero-order valence-corrected chi connectivity index (χ0v) is 16.3. The summed E-state index contributed by atoms with van der Waals surface area (Å²) in [6.45, 7) is 6.14. The zero-order chi connectivity index (χ0) is 18.4. The Morgan fingerprint density at radius 1 is 1.16 bits per heavy atom. The molecule has 1 heterocycles. The van der Waals surface area contributed by atoms with Gasteiger partial charge in [0, 0.05) is 6.54 Å². The molecule has 1 amide bonds. The molecule has 0 bridgehead atoms. The molecule has 7 heteroatoms. The molecule has 0 saturated heterocycles. The molecular formula is C18H24N2O3S2. The van der Waals surface area contributed by atoms with Crippen LogP contribution in [0.25, 0.3) is 0 Å². The number of sulfonamides is 1. The van der Waals surface area contributed by atoms with Crippen LogP contribution >= 0.6 is 11.3 Å². The Bertz CT molecular complexity index is 799. The lowest BCUT2D eigenvalue weighted by Gasteiger charge is -2.21. The van der Waals surface area contributed by atoms with E-state index in [2.05, 4.69) is 10.0 Å². The number of nitrogens with one attached hydrogen (secondary N) is 2. The summed E-state index contributed by atoms with van der Waals surface area (Å²) in [4.78, 5) is 12.5. The summed E-state index contributed by atoms with van der Waals surface area (Å²) in [5.74, 6) is -0.461. The van der Waals surface area contributed by atoms with Gasteiger partial charge in [-0.15, -0.1) is 11.3 Å². The Balaban J connectivity index is 1.98. The van der Waals surface area contributed by atoms with Gasteiger partial charge in [-0.3, -0.25) is 4.79 Å². The molecule has 0 saturated carbocycles. The quantitative estimate of drug-likeness (QED) is 0.739. The number of carbonyl (C=O) groups is 1. The van der Waals surface area contributed by atoms with Crippen molar-refractivity contribution in [2.45, 2.75) is 37.4 Å². The fourth-order valence-electron chi connectivity index (χ4n) is 2.45. The number of thiophene rings is 1. The van der Waals surface area contributed by atoms with E-state index in [0.717, 1.165) is 11.3 Å². The van der Waals surface area contributed by atoms with Crippen LogP contribution in [0.2, 0.25) is 0 Å². The normalized spacial score (nSPS) is 13.0. The van der Waals surface area contributed by atoms with E-state index in [9.17, 15) is 13.2 Å². The van der Waals surface area contributed by atoms with Gasteiger partial charge in [-0.05, 0) is 41.8 Å². The summed E-state index contributed by atoms with van der Waals surface area (Å²) in [5, 5.41) is 4.54. The van der Waals surface area contributed by atoms with E-state index in [1.165, 1.54) is 17.2 Å². The summed E-state index contributed by atoms with van der Waals surface area (Å²) in [7, 11) is -3.68. The molecule has 0 aliphatic rings. The highest BCUT2D eigenvalue weighted by Gasteiger charge is 2.28. The van der Waals surface area contributed by atoms with Crippen LogP contribution in [0.4, 0.5) is 0 Å². The number of hydrogen-bond donors (Lipinski definition) is 2. The Morgan fingerprint density at radius 2 is 1.88 bits per heavy atom. The van der Waals surface area contributed by atoms with Gasteiger partial charge in [-0.2, -0.15) is 4.72 Å². The Labute approximate surface area is 153 Å². The van der Waals surface area contributed by atoms with Crippen molar-refractivity contribution < 1.29 is 13.2 Å². The van der Waals surface area contributed by atoms with Crippen LogP contribution in [-0.2, 0) is 21.2 Å². The zero-order valence-electron chi connectivity index (χ0n) is 14.7. The average Bonchev–Trinajstić information content (AvgIpc) is 3.09. The van der Waals surface area contributed by atoms with Gasteiger partial charge >= 0.3 is 0 Å². The fourth-order valence-corrected chi connectivity index (χ4v) is 4.81. The van der Waals surface area contributed by atoms with E-state index < -0.39 is 16.1 Å². The second-order valence-electron chi connectivity index (χ2n) is 6.24. The third-order valence-electron chi connectivity index (χ3n) is 3.95. The number of hydrogen-bond acceptors (Lipinski definition) is 4. The van der Waals surface area contributed by atoms with Crippen molar-refractivity contribution in [2.75, 3.05) is 6.54 Å². The Hall–Kier alpha value is -1.70. The topological polar surface area (TPSA) is 75.3 Å². The minimum absolute atomic E-state index is 0.159. The van der Waals surface area contributed by atoms with Crippen LogP contribution in [0, 0.1) is 12.8 Å². The van der Waals surface area contributed by atoms with Crippen LogP contribution in [0.15, 0.2) is 46.0 Å². The predicted molar refractivity (Wildman–Crippen MR) is 101 cm³/mol. The first-order valence-corrected chi connectivity index (χ1v) is 10.6. The van der Waals surface area contributed by atoms with Crippen LogP contribution in [0.3, 0.4) is 0 Å². The molecular weight excluding hydrogens is 356 g/mol. The van der Waals surface area contributed by atoms with Crippen molar-refractivity contribution >= 4 is 27.3 Å². The summed E-state index contributed by atoms with van der Waals surface area (Å²) in [5.41, 5.74) is 2.35. The first kappa shape index (κ1) is 19.6. The van der Waals surface area contributed by atoms with Crippen LogP contribution < -0.4 is 10.0 Å². The number of carbonyl (C=O) groups excluding carboxylic acids is 1. The Kier molecular flexibility index (Phi) is 6.75. The van der Waals surface area contributed by atoms with E-state index in [-0.39, 0.29) is 16.0 Å². The molecule has 25 heavy (non-hydrogen) atoms. The van der Waals surface area contributed by atoms with E-state index in [1.54, 1.807) is 11.4 Å². The monoisotopic (exact) mass is 380 g/mol. The van der Waals surface area contributed by atoms with Crippen molar-refractivity contribution in [1.29, 1.82) is 0 Å². The summed E-state index contributed by atoms with van der Waals surface area (Å²) in [6.07, 6.45) is 0.709. The summed E-state index contributed by atoms with van der Waals surface area (Å²) < 4.78 is 27.5. The molecule has 136 valence electrons. The second kappa shape index (κ2) is 8.60. The van der Waals surface area contributed by atoms with Crippen LogP contribution in [0.5, 0.6) is 0 Å². The molecule has 2 N–H and O–H groups in total. The standard InChI is InChI=1S/C18H24N2O3S2/c1-13(2)17(20-25(22,23)16-9-6-12-24-16)18(21)19-11-10-15-8-5-4-7-14(15)3/h4-9,12-13,17,20H,10-11H2,1-3H3,(H,19,21)/t17-/m0/s1. The van der Waals surface area contributed by atoms with Gasteiger partial charge in [0.15, 0.2) is 0 Å². The molecule has 0 unspecified atom stereocenters. The molecule has 1 atom stereocenters. The minimum atomic E-state index is -3.68. The smallest absolute Gasteiger partial charge is 0.250 e. The summed E-state index contributed by atoms with van der Waals surface area (Å²) in [6, 6.07) is 10.4. The molecule has 1 aromatic carbocycles. The molecule has 1 aromatic heterocycles. The van der Waals surface area contributed by atoms with E-state index in [0.29, 0.717) is 13.0 Å². The average molecular weight is 381 g/mol. The number of benzene rings is 1. The molecule has 2 rings (SSSR count). The van der Waals surface area contributed by atoms with E-state index >= 15 is 0 Å². The third-order valence-corrected chi connectivity index (χ3v) is 6.78. The van der Waals surface area contributed by atoms with Crippen molar-refractivity contribution in [1.82, 2.24) is 10.0 Å². The first-order chi connectivity index (χ1) is 11.8. The molecule has 0 radical (unpaired) electrons. The number of amides is 1. The highest BCUT2D eigenvalue weighted by Crippen LogP contribution is 2.17. The van der Waals surface area contributed by atoms with Gasteiger partial charge in [-0.1, -0.05) is 44.2 Å². The lowest BCUT2D eigenvalue weighted by molar-refractivity contribution is -0.123. The maximum atomic E-state index is 12.5. The van der Waals surface area contributed by atoms with Crippen molar-refractivity contribution in [3.05, 3.63) is 52.9 Å². The highest BCUT2D eigenvalue weighted by atomic mass is 32.2. The lowest BCUT2D eigenvalue weighted by Crippen LogP contribution is -2.49. The van der Waals surface area contributed by atoms with Crippen molar-refractivity contribution in [3.63, 3.8) is 0 Å². The van der Waals surface area contributed by atoms with Gasteiger partial charge in [0.2, 0.25) is 5.91 Å². The van der Waals surface area contributed by atoms with Gasteiger partial charge in [0.1, 0.15) is 10.3 Å². The van der Waals surface area contributed by atoms with Crippen LogP contribution in [0.1, 0.15) is 25.0 Å². The fraction of sp³-hybridized carbons (Fsp3) is 0.389. The number of aryl methyl sites for hydroxylation is 1. The molecule has 0 aliphatic carbocycles. The van der Waals surface area contributed by atoms with Crippen molar-refractivity contribution in [3.8, 4) is 0 Å². The maximum absolute atomic E-state index is 12.5. The van der Waals surface area contributed by atoms with Crippen LogP contribution in [-0.4, -0.2) is 26.9 Å².